The highest BCUT2D eigenvalue weighted by Crippen LogP contribution is 2.47. The lowest BCUT2D eigenvalue weighted by molar-refractivity contribution is -0.109. The van der Waals surface area contributed by atoms with Gasteiger partial charge in [0.05, 0.1) is 0 Å². The van der Waals surface area contributed by atoms with E-state index in [1.54, 1.807) is 12.4 Å². The molecule has 1 atom stereocenters. The molecule has 2 nitrogen and oxygen atoms in total. The van der Waals surface area contributed by atoms with Crippen molar-refractivity contribution in [1.82, 2.24) is 4.98 Å². The monoisotopic (exact) mass is 299 g/mol. The van der Waals surface area contributed by atoms with E-state index in [9.17, 15) is 4.79 Å². The molecule has 0 amide bonds. The fourth-order valence-corrected chi connectivity index (χ4v) is 3.65. The maximum atomic E-state index is 11.7. The summed E-state index contributed by atoms with van der Waals surface area (Å²) in [5, 5.41) is 0. The van der Waals surface area contributed by atoms with Gasteiger partial charge in [-0.15, -0.1) is 0 Å². The van der Waals surface area contributed by atoms with Gasteiger partial charge in [0.25, 0.3) is 0 Å². The number of rotatable bonds is 4. The lowest BCUT2D eigenvalue weighted by Crippen LogP contribution is -2.07. The maximum absolute atomic E-state index is 11.7. The Hall–Kier alpha value is -2.74. The number of carbonyl (C=O) groups excluding carboxylic acids is 1. The Kier molecular flexibility index (Phi) is 3.51. The minimum Gasteiger partial charge on any atom is -0.303 e. The lowest BCUT2D eigenvalue weighted by Gasteiger charge is -2.18. The van der Waals surface area contributed by atoms with Crippen LogP contribution in [-0.4, -0.2) is 11.3 Å². The van der Waals surface area contributed by atoms with Crippen molar-refractivity contribution >= 4 is 6.29 Å². The summed E-state index contributed by atoms with van der Waals surface area (Å²) in [6.07, 6.45) is 5.37. The molecule has 112 valence electrons. The highest BCUT2D eigenvalue weighted by Gasteiger charge is 2.30. The molecule has 1 aromatic heterocycles. The van der Waals surface area contributed by atoms with Crippen LogP contribution >= 0.6 is 0 Å². The van der Waals surface area contributed by atoms with Crippen LogP contribution < -0.4 is 0 Å². The van der Waals surface area contributed by atoms with Gasteiger partial charge in [-0.25, -0.2) is 0 Å². The summed E-state index contributed by atoms with van der Waals surface area (Å²) in [5.41, 5.74) is 6.29. The standard InChI is InChI=1S/C21H17NO/c23-14-16(15-9-11-22-12-10-15)13-21-19-7-3-1-5-17(19)18-6-2-4-8-20(18)21/h1-12,14,16,21H,13H2. The second kappa shape index (κ2) is 5.81. The number of aldehydes is 1. The van der Waals surface area contributed by atoms with Gasteiger partial charge in [0.1, 0.15) is 6.29 Å². The van der Waals surface area contributed by atoms with Gasteiger partial charge in [-0.2, -0.15) is 0 Å². The van der Waals surface area contributed by atoms with Gasteiger partial charge in [-0.3, -0.25) is 4.98 Å². The molecule has 1 aliphatic carbocycles. The Morgan fingerprint density at radius 3 is 2.00 bits per heavy atom. The van der Waals surface area contributed by atoms with Crippen LogP contribution in [0.15, 0.2) is 73.1 Å². The summed E-state index contributed by atoms with van der Waals surface area (Å²) < 4.78 is 0. The van der Waals surface area contributed by atoms with Gasteiger partial charge < -0.3 is 4.79 Å². The van der Waals surface area contributed by atoms with Gasteiger partial charge in [-0.1, -0.05) is 48.5 Å². The van der Waals surface area contributed by atoms with E-state index >= 15 is 0 Å². The second-order valence-corrected chi connectivity index (χ2v) is 5.99. The van der Waals surface area contributed by atoms with Crippen molar-refractivity contribution < 1.29 is 4.79 Å². The molecule has 0 radical (unpaired) electrons. The van der Waals surface area contributed by atoms with Crippen molar-refractivity contribution in [3.8, 4) is 11.1 Å². The fraction of sp³-hybridized carbons (Fsp3) is 0.143. The summed E-state index contributed by atoms with van der Waals surface area (Å²) in [6, 6.07) is 20.9. The van der Waals surface area contributed by atoms with E-state index in [4.69, 9.17) is 0 Å². The van der Waals surface area contributed by atoms with Crippen molar-refractivity contribution in [2.45, 2.75) is 18.3 Å². The molecule has 0 saturated heterocycles. The third-order valence-corrected chi connectivity index (χ3v) is 4.75. The molecule has 4 rings (SSSR count). The van der Waals surface area contributed by atoms with Crippen LogP contribution in [0.2, 0.25) is 0 Å². The average Bonchev–Trinajstić information content (AvgIpc) is 2.94. The van der Waals surface area contributed by atoms with Gasteiger partial charge >= 0.3 is 0 Å². The van der Waals surface area contributed by atoms with Crippen LogP contribution in [-0.2, 0) is 4.79 Å². The summed E-state index contributed by atoms with van der Waals surface area (Å²) in [5.74, 6) is 0.160. The van der Waals surface area contributed by atoms with Crippen LogP contribution in [0, 0.1) is 0 Å². The van der Waals surface area contributed by atoms with E-state index in [1.165, 1.54) is 22.3 Å². The first kappa shape index (κ1) is 13.9. The Morgan fingerprint density at radius 1 is 0.870 bits per heavy atom. The van der Waals surface area contributed by atoms with E-state index in [2.05, 4.69) is 53.5 Å². The number of aromatic nitrogens is 1. The summed E-state index contributed by atoms with van der Waals surface area (Å²) in [4.78, 5) is 15.7. The summed E-state index contributed by atoms with van der Waals surface area (Å²) in [6.45, 7) is 0. The molecule has 23 heavy (non-hydrogen) atoms. The SMILES string of the molecule is O=CC(CC1c2ccccc2-c2ccccc21)c1ccncc1. The fourth-order valence-electron chi connectivity index (χ4n) is 3.65. The minimum atomic E-state index is -0.109. The molecule has 0 spiro atoms. The molecule has 0 saturated carbocycles. The molecule has 2 aromatic carbocycles. The van der Waals surface area contributed by atoms with Gasteiger partial charge in [0, 0.05) is 24.2 Å². The Balaban J connectivity index is 1.75. The highest BCUT2D eigenvalue weighted by atomic mass is 16.1. The van der Waals surface area contributed by atoms with Gasteiger partial charge in [-0.05, 0) is 46.4 Å². The van der Waals surface area contributed by atoms with E-state index in [0.29, 0.717) is 0 Å². The first-order valence-electron chi connectivity index (χ1n) is 7.92. The average molecular weight is 299 g/mol. The first-order valence-corrected chi connectivity index (χ1v) is 7.92. The van der Waals surface area contributed by atoms with Gasteiger partial charge in [0.15, 0.2) is 0 Å². The molecule has 1 unspecified atom stereocenters. The van der Waals surface area contributed by atoms with E-state index in [-0.39, 0.29) is 11.8 Å². The van der Waals surface area contributed by atoms with Crippen molar-refractivity contribution in [2.24, 2.45) is 0 Å². The molecular formula is C21H17NO. The van der Waals surface area contributed by atoms with Crippen molar-refractivity contribution in [3.05, 3.63) is 89.7 Å². The number of fused-ring (bicyclic) bond motifs is 3. The zero-order valence-corrected chi connectivity index (χ0v) is 12.7. The third kappa shape index (κ3) is 2.36. The Bertz CT molecular complexity index is 796. The van der Waals surface area contributed by atoms with Crippen LogP contribution in [0.5, 0.6) is 0 Å². The molecule has 3 aromatic rings. The molecular weight excluding hydrogens is 282 g/mol. The number of pyridine rings is 1. The number of carbonyl (C=O) groups is 1. The summed E-state index contributed by atoms with van der Waals surface area (Å²) >= 11 is 0. The van der Waals surface area contributed by atoms with Crippen molar-refractivity contribution in [1.29, 1.82) is 0 Å². The van der Waals surface area contributed by atoms with E-state index in [1.807, 2.05) is 12.1 Å². The number of hydrogen-bond donors (Lipinski definition) is 0. The number of nitrogens with zero attached hydrogens (tertiary/aromatic N) is 1. The van der Waals surface area contributed by atoms with Crippen LogP contribution in [0.3, 0.4) is 0 Å². The minimum absolute atomic E-state index is 0.109. The van der Waals surface area contributed by atoms with Crippen molar-refractivity contribution in [3.63, 3.8) is 0 Å². The predicted octanol–water partition coefficient (Wildman–Crippen LogP) is 4.57. The van der Waals surface area contributed by atoms with E-state index in [0.717, 1.165) is 18.3 Å². The zero-order valence-electron chi connectivity index (χ0n) is 12.7. The Morgan fingerprint density at radius 2 is 1.43 bits per heavy atom. The quantitative estimate of drug-likeness (QED) is 0.661. The topological polar surface area (TPSA) is 30.0 Å². The molecule has 0 fully saturated rings. The zero-order chi connectivity index (χ0) is 15.6. The largest absolute Gasteiger partial charge is 0.303 e. The maximum Gasteiger partial charge on any atom is 0.127 e. The number of hydrogen-bond acceptors (Lipinski definition) is 2. The van der Waals surface area contributed by atoms with Crippen molar-refractivity contribution in [2.75, 3.05) is 0 Å². The van der Waals surface area contributed by atoms with Crippen LogP contribution in [0.1, 0.15) is 34.9 Å². The second-order valence-electron chi connectivity index (χ2n) is 5.99. The molecule has 0 bridgehead atoms. The highest BCUT2D eigenvalue weighted by molar-refractivity contribution is 5.79. The van der Waals surface area contributed by atoms with Crippen LogP contribution in [0.4, 0.5) is 0 Å². The number of benzene rings is 2. The molecule has 1 aliphatic rings. The third-order valence-electron chi connectivity index (χ3n) is 4.75. The van der Waals surface area contributed by atoms with Crippen LogP contribution in [0.25, 0.3) is 11.1 Å². The molecule has 0 N–H and O–H groups in total. The normalized spacial score (nSPS) is 14.1. The van der Waals surface area contributed by atoms with Gasteiger partial charge in [0.2, 0.25) is 0 Å². The predicted molar refractivity (Wildman–Crippen MR) is 91.4 cm³/mol. The first-order chi connectivity index (χ1) is 11.4. The molecule has 2 heteroatoms. The smallest absolute Gasteiger partial charge is 0.127 e. The Labute approximate surface area is 135 Å². The lowest BCUT2D eigenvalue weighted by atomic mass is 9.85. The van der Waals surface area contributed by atoms with E-state index < -0.39 is 0 Å². The molecule has 0 aliphatic heterocycles. The summed E-state index contributed by atoms with van der Waals surface area (Å²) in [7, 11) is 0. The molecule has 1 heterocycles.